The van der Waals surface area contributed by atoms with Crippen molar-refractivity contribution in [2.24, 2.45) is 15.5 Å². The molecule has 0 bridgehead atoms. The molecule has 0 aromatic heterocycles. The molecule has 0 saturated heterocycles. The zero-order valence-corrected chi connectivity index (χ0v) is 31.5. The van der Waals surface area contributed by atoms with Gasteiger partial charge in [0.25, 0.3) is 0 Å². The number of halogens is 1. The molecule has 0 spiro atoms. The summed E-state index contributed by atoms with van der Waals surface area (Å²) >= 11 is 0. The second-order valence-electron chi connectivity index (χ2n) is 13.9. The van der Waals surface area contributed by atoms with E-state index in [2.05, 4.69) is 41.2 Å². The highest BCUT2D eigenvalue weighted by molar-refractivity contribution is 6.12. The molecule has 4 rings (SSSR count). The lowest BCUT2D eigenvalue weighted by molar-refractivity contribution is -0.453. The van der Waals surface area contributed by atoms with Crippen LogP contribution >= 0.6 is 0 Å². The zero-order valence-electron chi connectivity index (χ0n) is 31.5. The summed E-state index contributed by atoms with van der Waals surface area (Å²) in [5, 5.41) is 7.27. The van der Waals surface area contributed by atoms with E-state index in [1.807, 2.05) is 82.0 Å². The molecule has 2 heterocycles. The van der Waals surface area contributed by atoms with Crippen LogP contribution in [0.25, 0.3) is 0 Å². The van der Waals surface area contributed by atoms with Crippen LogP contribution in [0.4, 0.5) is 15.8 Å². The van der Waals surface area contributed by atoms with Gasteiger partial charge in [-0.1, -0.05) is 45.9 Å². The number of ether oxygens (including phenoxy) is 2. The number of carbonyl (C=O) groups excluding carboxylic acids is 1. The van der Waals surface area contributed by atoms with Gasteiger partial charge in [-0.15, -0.1) is 0 Å². The lowest BCUT2D eigenvalue weighted by atomic mass is 9.96. The Hall–Kier alpha value is -5.03. The summed E-state index contributed by atoms with van der Waals surface area (Å²) in [5.41, 5.74) is 7.21. The number of allylic oxidation sites excluding steroid dienone is 3. The summed E-state index contributed by atoms with van der Waals surface area (Å²) in [5.74, 6) is 1.58. The smallest absolute Gasteiger partial charge is 0.248 e. The lowest BCUT2D eigenvalue weighted by Crippen LogP contribution is -2.49. The number of aliphatic imine (C=N–C) groups is 1. The maximum absolute atomic E-state index is 15.9. The number of hydrogen-bond acceptors (Lipinski definition) is 7. The Morgan fingerprint density at radius 1 is 1.16 bits per heavy atom. The SMILES string of the molecule is C/C=N\N/C=C\C(=CC(C)(C)C)Oc1cc(F)c(NC(=N/C=C/CC)c2c(C)ccc3c2OCC2=[N+]3CCN(C(=O)/C=C/CN(C)C)C2)cc1C. The van der Waals surface area contributed by atoms with E-state index in [9.17, 15) is 4.79 Å². The van der Waals surface area contributed by atoms with Gasteiger partial charge in [0.15, 0.2) is 13.2 Å². The molecule has 0 saturated carbocycles. The quantitative estimate of drug-likeness (QED) is 0.0468. The Morgan fingerprint density at radius 2 is 1.94 bits per heavy atom. The Bertz CT molecular complexity index is 1800. The van der Waals surface area contributed by atoms with E-state index in [1.165, 1.54) is 6.07 Å². The zero-order chi connectivity index (χ0) is 37.1. The van der Waals surface area contributed by atoms with Crippen LogP contribution in [-0.4, -0.2) is 84.9 Å². The number of nitrogens with zero attached hydrogens (tertiary/aromatic N) is 5. The molecule has 2 aliphatic rings. The summed E-state index contributed by atoms with van der Waals surface area (Å²) in [6.07, 6.45) is 15.0. The van der Waals surface area contributed by atoms with Crippen molar-refractivity contribution in [1.29, 1.82) is 0 Å². The molecule has 2 aromatic rings. The van der Waals surface area contributed by atoms with Gasteiger partial charge in [0.05, 0.1) is 17.8 Å². The number of amidine groups is 1. The van der Waals surface area contributed by atoms with Crippen LogP contribution in [0.5, 0.6) is 11.5 Å². The Balaban J connectivity index is 1.66. The third-order valence-corrected chi connectivity index (χ3v) is 8.04. The van der Waals surface area contributed by atoms with Crippen molar-refractivity contribution in [2.75, 3.05) is 52.2 Å². The van der Waals surface area contributed by atoms with Gasteiger partial charge in [-0.3, -0.25) is 10.2 Å². The Morgan fingerprint density at radius 3 is 2.65 bits per heavy atom. The first-order valence-electron chi connectivity index (χ1n) is 17.4. The topological polar surface area (TPSA) is 93.8 Å². The summed E-state index contributed by atoms with van der Waals surface area (Å²) < 4.78 is 30.8. The molecule has 0 fully saturated rings. The van der Waals surface area contributed by atoms with Crippen molar-refractivity contribution >= 4 is 35.0 Å². The summed E-state index contributed by atoms with van der Waals surface area (Å²) in [6, 6.07) is 7.18. The molecule has 0 radical (unpaired) electrons. The summed E-state index contributed by atoms with van der Waals surface area (Å²) in [7, 11) is 3.94. The van der Waals surface area contributed by atoms with Crippen LogP contribution < -0.4 is 20.2 Å². The largest absolute Gasteiger partial charge is 0.475 e. The molecule has 10 nitrogen and oxygen atoms in total. The van der Waals surface area contributed by atoms with Gasteiger partial charge < -0.3 is 24.6 Å². The fourth-order valence-corrected chi connectivity index (χ4v) is 5.61. The van der Waals surface area contributed by atoms with Gasteiger partial charge in [0.2, 0.25) is 23.1 Å². The van der Waals surface area contributed by atoms with Gasteiger partial charge in [0.1, 0.15) is 29.7 Å². The minimum absolute atomic E-state index is 0.00826. The Labute approximate surface area is 302 Å². The number of aryl methyl sites for hydroxylation is 2. The number of hydrazone groups is 1. The third-order valence-electron chi connectivity index (χ3n) is 8.04. The van der Waals surface area contributed by atoms with E-state index in [0.717, 1.165) is 34.5 Å². The molecule has 2 aromatic carbocycles. The Kier molecular flexibility index (Phi) is 13.5. The molecule has 1 amide bonds. The van der Waals surface area contributed by atoms with Crippen molar-refractivity contribution in [1.82, 2.24) is 15.2 Å². The molecule has 0 unspecified atom stereocenters. The van der Waals surface area contributed by atoms with Gasteiger partial charge >= 0.3 is 0 Å². The minimum atomic E-state index is -0.491. The molecule has 0 atom stereocenters. The van der Waals surface area contributed by atoms with E-state index in [0.29, 0.717) is 55.9 Å². The maximum atomic E-state index is 15.9. The normalized spacial score (nSPS) is 15.7. The molecule has 272 valence electrons. The fraction of sp³-hybridized carbons (Fsp3) is 0.400. The van der Waals surface area contributed by atoms with Crippen LogP contribution in [0.15, 0.2) is 82.9 Å². The average molecular weight is 699 g/mol. The van der Waals surface area contributed by atoms with Gasteiger partial charge in [-0.2, -0.15) is 9.68 Å². The highest BCUT2D eigenvalue weighted by Gasteiger charge is 2.37. The number of fused-ring (bicyclic) bond motifs is 2. The standard InChI is InChI=1S/C40H53FN7O3/c1-10-12-18-42-39(45-33-23-29(4)35(24-32(33)41)51-31(25-40(5,6)7)17-19-44-43-11-2)37-28(3)15-16-34-38(37)50-27-30-26-47(21-22-48(30)34)36(49)14-13-20-46(8)9/h11-19,23-25,44H,10,20-22,26-27H2,1-9H3,(H,42,45)/q+1/b14-13+,18-12+,19-17-,31-25?,43-11-. The average Bonchev–Trinajstić information content (AvgIpc) is 3.07. The number of likely N-dealkylation sites (N-methyl/N-ethyl adjacent to an activating group) is 1. The number of amides is 1. The molecular weight excluding hydrogens is 645 g/mol. The number of hydrogen-bond donors (Lipinski definition) is 2. The number of nitrogens with one attached hydrogen (secondary N) is 2. The predicted octanol–water partition coefficient (Wildman–Crippen LogP) is 7.08. The van der Waals surface area contributed by atoms with E-state index in [-0.39, 0.29) is 17.0 Å². The molecule has 51 heavy (non-hydrogen) atoms. The van der Waals surface area contributed by atoms with Crippen LogP contribution in [0.2, 0.25) is 0 Å². The van der Waals surface area contributed by atoms with Crippen molar-refractivity contribution in [3.8, 4) is 11.5 Å². The third kappa shape index (κ3) is 10.7. The minimum Gasteiger partial charge on any atom is -0.475 e. The first kappa shape index (κ1) is 38.8. The van der Waals surface area contributed by atoms with Gasteiger partial charge in [0, 0.05) is 43.4 Å². The molecule has 2 aliphatic heterocycles. The predicted molar refractivity (Wildman–Crippen MR) is 206 cm³/mol. The monoisotopic (exact) mass is 698 g/mol. The van der Waals surface area contributed by atoms with Crippen LogP contribution in [0.3, 0.4) is 0 Å². The summed E-state index contributed by atoms with van der Waals surface area (Å²) in [6.45, 7) is 16.6. The van der Waals surface area contributed by atoms with Crippen LogP contribution in [-0.2, 0) is 4.79 Å². The lowest BCUT2D eigenvalue weighted by Gasteiger charge is -2.29. The highest BCUT2D eigenvalue weighted by atomic mass is 19.1. The van der Waals surface area contributed by atoms with Crippen molar-refractivity contribution in [3.05, 3.63) is 95.3 Å². The van der Waals surface area contributed by atoms with E-state index in [4.69, 9.17) is 14.5 Å². The van der Waals surface area contributed by atoms with Crippen molar-refractivity contribution in [2.45, 2.75) is 54.9 Å². The molecule has 11 heteroatoms. The molecule has 2 N–H and O–H groups in total. The fourth-order valence-electron chi connectivity index (χ4n) is 5.61. The number of carbonyl (C=O) groups is 1. The van der Waals surface area contributed by atoms with E-state index in [1.54, 1.807) is 36.8 Å². The van der Waals surface area contributed by atoms with E-state index < -0.39 is 5.82 Å². The molecule has 0 aliphatic carbocycles. The maximum Gasteiger partial charge on any atom is 0.248 e. The number of anilines is 1. The van der Waals surface area contributed by atoms with Crippen molar-refractivity contribution in [3.63, 3.8) is 0 Å². The number of rotatable bonds is 12. The highest BCUT2D eigenvalue weighted by Crippen LogP contribution is 2.38. The second-order valence-corrected chi connectivity index (χ2v) is 13.9. The van der Waals surface area contributed by atoms with Crippen LogP contribution in [0.1, 0.15) is 57.7 Å². The summed E-state index contributed by atoms with van der Waals surface area (Å²) in [4.78, 5) is 21.5. The van der Waals surface area contributed by atoms with Gasteiger partial charge in [-0.05, 0) is 76.0 Å². The molecular formula is C40H53FN7O3+. The first-order valence-corrected chi connectivity index (χ1v) is 17.4. The van der Waals surface area contributed by atoms with Crippen molar-refractivity contribution < 1.29 is 23.2 Å². The van der Waals surface area contributed by atoms with Crippen LogP contribution in [0, 0.1) is 25.1 Å². The van der Waals surface area contributed by atoms with E-state index >= 15 is 4.39 Å². The second kappa shape index (κ2) is 17.8. The first-order chi connectivity index (χ1) is 24.3. The number of benzene rings is 2. The van der Waals surface area contributed by atoms with Gasteiger partial charge in [-0.25, -0.2) is 9.38 Å².